The summed E-state index contributed by atoms with van der Waals surface area (Å²) in [5.41, 5.74) is 0.524. The Labute approximate surface area is 104 Å². The first-order chi connectivity index (χ1) is 8.49. The molecule has 0 fully saturated rings. The molecule has 0 saturated carbocycles. The number of carboxylic acids is 1. The van der Waals surface area contributed by atoms with Gasteiger partial charge in [-0.1, -0.05) is 0 Å². The van der Waals surface area contributed by atoms with Crippen LogP contribution in [0.2, 0.25) is 0 Å². The number of hydrogen-bond acceptors (Lipinski definition) is 5. The van der Waals surface area contributed by atoms with E-state index < -0.39 is 11.9 Å². The topological polar surface area (TPSA) is 82.1 Å². The predicted molar refractivity (Wildman–Crippen MR) is 62.0 cm³/mol. The van der Waals surface area contributed by atoms with Crippen LogP contribution in [-0.2, 0) is 16.1 Å². The van der Waals surface area contributed by atoms with Gasteiger partial charge in [0.25, 0.3) is 0 Å². The molecule has 0 aliphatic carbocycles. The smallest absolute Gasteiger partial charge is 0.343 e. The van der Waals surface area contributed by atoms with Gasteiger partial charge in [0.15, 0.2) is 0 Å². The van der Waals surface area contributed by atoms with E-state index >= 15 is 0 Å². The zero-order valence-corrected chi connectivity index (χ0v) is 10.4. The third-order valence-corrected chi connectivity index (χ3v) is 2.22. The maximum absolute atomic E-state index is 11.1. The zero-order valence-electron chi connectivity index (χ0n) is 10.4. The Hall–Kier alpha value is -2.24. The predicted octanol–water partition coefficient (Wildman–Crippen LogP) is 1.47. The summed E-state index contributed by atoms with van der Waals surface area (Å²) >= 11 is 0. The van der Waals surface area contributed by atoms with Gasteiger partial charge in [0.05, 0.1) is 14.2 Å². The molecule has 0 spiro atoms. The molecule has 0 amide bonds. The Morgan fingerprint density at radius 3 is 2.00 bits per heavy atom. The lowest BCUT2D eigenvalue weighted by Crippen LogP contribution is -2.06. The summed E-state index contributed by atoms with van der Waals surface area (Å²) in [5, 5.41) is 9.07. The van der Waals surface area contributed by atoms with Crippen LogP contribution in [0.15, 0.2) is 12.1 Å². The number of benzene rings is 1. The van der Waals surface area contributed by atoms with Gasteiger partial charge in [-0.25, -0.2) is 4.79 Å². The fraction of sp³-hybridized carbons (Fsp3) is 0.333. The lowest BCUT2D eigenvalue weighted by Gasteiger charge is -2.12. The highest BCUT2D eigenvalue weighted by Crippen LogP contribution is 2.30. The third kappa shape index (κ3) is 3.13. The molecule has 0 unspecified atom stereocenters. The molecule has 0 bridgehead atoms. The Balaban J connectivity index is 3.17. The van der Waals surface area contributed by atoms with Crippen molar-refractivity contribution < 1.29 is 28.9 Å². The first-order valence-corrected chi connectivity index (χ1v) is 5.11. The molecular formula is C12H14O6. The third-order valence-electron chi connectivity index (χ3n) is 2.22. The lowest BCUT2D eigenvalue weighted by molar-refractivity contribution is -0.142. The fourth-order valence-electron chi connectivity index (χ4n) is 1.45. The summed E-state index contributed by atoms with van der Waals surface area (Å²) in [6.07, 6.45) is 0. The van der Waals surface area contributed by atoms with Crippen LogP contribution in [0.25, 0.3) is 0 Å². The molecular weight excluding hydrogens is 240 g/mol. The minimum absolute atomic E-state index is 0.0297. The highest BCUT2D eigenvalue weighted by molar-refractivity contribution is 5.94. The van der Waals surface area contributed by atoms with E-state index in [0.717, 1.165) is 0 Å². The maximum atomic E-state index is 11.1. The highest BCUT2D eigenvalue weighted by atomic mass is 16.5. The number of rotatable bonds is 5. The van der Waals surface area contributed by atoms with E-state index in [1.165, 1.54) is 33.3 Å². The number of carbonyl (C=O) groups excluding carboxylic acids is 1. The van der Waals surface area contributed by atoms with Gasteiger partial charge >= 0.3 is 11.9 Å². The number of methoxy groups -OCH3 is 2. The van der Waals surface area contributed by atoms with Crippen LogP contribution in [0, 0.1) is 0 Å². The first-order valence-electron chi connectivity index (χ1n) is 5.11. The second kappa shape index (κ2) is 5.90. The Morgan fingerprint density at radius 1 is 1.17 bits per heavy atom. The molecule has 1 N–H and O–H groups in total. The average Bonchev–Trinajstić information content (AvgIpc) is 2.34. The summed E-state index contributed by atoms with van der Waals surface area (Å²) in [6.45, 7) is 1.32. The van der Waals surface area contributed by atoms with Crippen molar-refractivity contribution in [3.05, 3.63) is 23.3 Å². The summed E-state index contributed by atoms with van der Waals surface area (Å²) < 4.78 is 14.8. The van der Waals surface area contributed by atoms with Gasteiger partial charge in [0, 0.05) is 6.92 Å². The number of esters is 1. The molecule has 0 heterocycles. The quantitative estimate of drug-likeness (QED) is 0.801. The average molecular weight is 254 g/mol. The minimum atomic E-state index is -1.15. The van der Waals surface area contributed by atoms with E-state index in [1.54, 1.807) is 0 Å². The van der Waals surface area contributed by atoms with Crippen molar-refractivity contribution in [1.29, 1.82) is 0 Å². The molecule has 6 heteroatoms. The SMILES string of the molecule is COc1cc(COC(C)=O)cc(OC)c1C(=O)O. The number of carboxylic acid groups (broad SMARTS) is 1. The van der Waals surface area contributed by atoms with E-state index in [0.29, 0.717) is 5.56 Å². The Kier molecular flexibility index (Phi) is 4.53. The van der Waals surface area contributed by atoms with Crippen LogP contribution in [-0.4, -0.2) is 31.3 Å². The van der Waals surface area contributed by atoms with E-state index in [4.69, 9.17) is 19.3 Å². The van der Waals surface area contributed by atoms with Crippen LogP contribution in [0.3, 0.4) is 0 Å². The largest absolute Gasteiger partial charge is 0.496 e. The second-order valence-electron chi connectivity index (χ2n) is 3.46. The molecule has 0 atom stereocenters. The van der Waals surface area contributed by atoms with Crippen LogP contribution in [0.4, 0.5) is 0 Å². The van der Waals surface area contributed by atoms with Crippen LogP contribution < -0.4 is 9.47 Å². The summed E-state index contributed by atoms with van der Waals surface area (Å²) in [7, 11) is 2.72. The van der Waals surface area contributed by atoms with Crippen molar-refractivity contribution in [2.75, 3.05) is 14.2 Å². The van der Waals surface area contributed by atoms with Crippen molar-refractivity contribution in [2.24, 2.45) is 0 Å². The normalized spacial score (nSPS) is 9.72. The van der Waals surface area contributed by atoms with Crippen molar-refractivity contribution in [1.82, 2.24) is 0 Å². The van der Waals surface area contributed by atoms with Gasteiger partial charge in [0.2, 0.25) is 0 Å². The molecule has 1 rings (SSSR count). The maximum Gasteiger partial charge on any atom is 0.343 e. The number of ether oxygens (including phenoxy) is 3. The van der Waals surface area contributed by atoms with Crippen LogP contribution in [0.1, 0.15) is 22.8 Å². The fourth-order valence-corrected chi connectivity index (χ4v) is 1.45. The van der Waals surface area contributed by atoms with Gasteiger partial charge < -0.3 is 19.3 Å². The van der Waals surface area contributed by atoms with E-state index in [9.17, 15) is 9.59 Å². The monoisotopic (exact) mass is 254 g/mol. The molecule has 0 aliphatic rings. The molecule has 18 heavy (non-hydrogen) atoms. The molecule has 0 saturated heterocycles. The second-order valence-corrected chi connectivity index (χ2v) is 3.46. The minimum Gasteiger partial charge on any atom is -0.496 e. The molecule has 0 aliphatic heterocycles. The van der Waals surface area contributed by atoms with Gasteiger partial charge in [-0.05, 0) is 17.7 Å². The van der Waals surface area contributed by atoms with Crippen molar-refractivity contribution >= 4 is 11.9 Å². The van der Waals surface area contributed by atoms with Crippen LogP contribution >= 0.6 is 0 Å². The summed E-state index contributed by atoms with van der Waals surface area (Å²) in [5.74, 6) is -1.26. The van der Waals surface area contributed by atoms with Gasteiger partial charge in [-0.3, -0.25) is 4.79 Å². The standard InChI is InChI=1S/C12H14O6/c1-7(13)18-6-8-4-9(16-2)11(12(14)15)10(5-8)17-3/h4-5H,6H2,1-3H3,(H,14,15). The number of aromatic carboxylic acids is 1. The van der Waals surface area contributed by atoms with Crippen LogP contribution in [0.5, 0.6) is 11.5 Å². The Morgan fingerprint density at radius 2 is 1.67 bits per heavy atom. The van der Waals surface area contributed by atoms with Gasteiger partial charge in [-0.2, -0.15) is 0 Å². The molecule has 6 nitrogen and oxygen atoms in total. The molecule has 98 valence electrons. The van der Waals surface area contributed by atoms with Gasteiger partial charge in [-0.15, -0.1) is 0 Å². The number of carbonyl (C=O) groups is 2. The van der Waals surface area contributed by atoms with Crippen molar-refractivity contribution in [3.8, 4) is 11.5 Å². The van der Waals surface area contributed by atoms with E-state index in [-0.39, 0.29) is 23.7 Å². The molecule has 1 aromatic rings. The molecule has 1 aromatic carbocycles. The summed E-state index contributed by atoms with van der Waals surface area (Å²) in [4.78, 5) is 21.8. The first kappa shape index (κ1) is 13.8. The zero-order chi connectivity index (χ0) is 13.7. The molecule has 0 radical (unpaired) electrons. The summed E-state index contributed by atoms with van der Waals surface area (Å²) in [6, 6.07) is 2.99. The van der Waals surface area contributed by atoms with Crippen molar-refractivity contribution in [2.45, 2.75) is 13.5 Å². The number of hydrogen-bond donors (Lipinski definition) is 1. The lowest BCUT2D eigenvalue weighted by atomic mass is 10.1. The highest BCUT2D eigenvalue weighted by Gasteiger charge is 2.19. The van der Waals surface area contributed by atoms with Crippen molar-refractivity contribution in [3.63, 3.8) is 0 Å². The Bertz CT molecular complexity index is 441. The molecule has 0 aromatic heterocycles. The van der Waals surface area contributed by atoms with E-state index in [2.05, 4.69) is 0 Å². The van der Waals surface area contributed by atoms with E-state index in [1.807, 2.05) is 0 Å². The van der Waals surface area contributed by atoms with Gasteiger partial charge in [0.1, 0.15) is 23.7 Å².